The Bertz CT molecular complexity index is 531. The first-order chi connectivity index (χ1) is 8.79. The van der Waals surface area contributed by atoms with Crippen molar-refractivity contribution in [3.63, 3.8) is 0 Å². The largest absolute Gasteiger partial charge is 0.416 e. The Morgan fingerprint density at radius 2 is 1.63 bits per heavy atom. The molecule has 1 N–H and O–H groups in total. The zero-order chi connectivity index (χ0) is 14.2. The number of nitrogens with one attached hydrogen (secondary N) is 1. The lowest BCUT2D eigenvalue weighted by Gasteiger charge is -2.24. The molecule has 19 heavy (non-hydrogen) atoms. The Morgan fingerprint density at radius 3 is 2.11 bits per heavy atom. The Labute approximate surface area is 105 Å². The van der Waals surface area contributed by atoms with Crippen molar-refractivity contribution in [1.29, 1.82) is 0 Å². The summed E-state index contributed by atoms with van der Waals surface area (Å²) in [5.74, 6) is -1.52. The number of hydrogen-bond acceptors (Lipinski definition) is 3. The van der Waals surface area contributed by atoms with E-state index in [0.29, 0.717) is 4.90 Å². The molecule has 0 radical (unpaired) electrons. The lowest BCUT2D eigenvalue weighted by Crippen LogP contribution is -2.52. The number of imide groups is 2. The van der Waals surface area contributed by atoms with E-state index in [2.05, 4.69) is 0 Å². The predicted octanol–water partition coefficient (Wildman–Crippen LogP) is 1.68. The first kappa shape index (κ1) is 13.1. The summed E-state index contributed by atoms with van der Waals surface area (Å²) in [6.07, 6.45) is -5.02. The van der Waals surface area contributed by atoms with Crippen molar-refractivity contribution in [2.45, 2.75) is 12.6 Å². The van der Waals surface area contributed by atoms with Crippen LogP contribution in [-0.4, -0.2) is 17.8 Å². The van der Waals surface area contributed by atoms with Crippen LogP contribution >= 0.6 is 0 Å². The maximum atomic E-state index is 12.4. The molecule has 1 aromatic rings. The van der Waals surface area contributed by atoms with E-state index in [9.17, 15) is 27.6 Å². The average Bonchev–Trinajstić information content (AvgIpc) is 2.27. The summed E-state index contributed by atoms with van der Waals surface area (Å²) in [6, 6.07) is 2.53. The predicted molar refractivity (Wildman–Crippen MR) is 57.1 cm³/mol. The van der Waals surface area contributed by atoms with E-state index in [0.717, 1.165) is 24.3 Å². The summed E-state index contributed by atoms with van der Waals surface area (Å²) in [4.78, 5) is 34.5. The number of nitrogens with zero attached hydrogens (tertiary/aromatic N) is 1. The van der Waals surface area contributed by atoms with Gasteiger partial charge in [0.15, 0.2) is 0 Å². The summed E-state index contributed by atoms with van der Waals surface area (Å²) in [5, 5.41) is 1.91. The minimum Gasteiger partial charge on any atom is -0.277 e. The van der Waals surface area contributed by atoms with Crippen molar-refractivity contribution < 1.29 is 27.6 Å². The number of halogens is 3. The summed E-state index contributed by atoms with van der Waals surface area (Å²) < 4.78 is 37.1. The third-order valence-corrected chi connectivity index (χ3v) is 2.46. The van der Waals surface area contributed by atoms with Gasteiger partial charge in [0.1, 0.15) is 6.42 Å². The number of benzene rings is 1. The van der Waals surface area contributed by atoms with Crippen LogP contribution in [0.2, 0.25) is 0 Å². The average molecular weight is 272 g/mol. The Balaban J connectivity index is 2.30. The van der Waals surface area contributed by atoms with E-state index in [-0.39, 0.29) is 5.69 Å². The van der Waals surface area contributed by atoms with E-state index in [1.807, 2.05) is 5.32 Å². The number of barbiturate groups is 1. The lowest BCUT2D eigenvalue weighted by atomic mass is 10.1. The van der Waals surface area contributed by atoms with Gasteiger partial charge in [0.05, 0.1) is 11.3 Å². The number of carbonyl (C=O) groups excluding carboxylic acids is 3. The molecule has 1 fully saturated rings. The van der Waals surface area contributed by atoms with Gasteiger partial charge in [0.25, 0.3) is 0 Å². The summed E-state index contributed by atoms with van der Waals surface area (Å²) in [6.45, 7) is 0. The molecule has 0 spiro atoms. The van der Waals surface area contributed by atoms with Crippen LogP contribution in [-0.2, 0) is 15.8 Å². The van der Waals surface area contributed by atoms with Gasteiger partial charge in [0.2, 0.25) is 11.8 Å². The highest BCUT2D eigenvalue weighted by atomic mass is 19.4. The first-order valence-corrected chi connectivity index (χ1v) is 5.13. The SMILES string of the molecule is O=C1CC(=O)N(c2ccc(C(F)(F)F)cc2)C(=O)N1. The Hall–Kier alpha value is -2.38. The fraction of sp³-hybridized carbons (Fsp3) is 0.182. The molecule has 5 nitrogen and oxygen atoms in total. The van der Waals surface area contributed by atoms with Gasteiger partial charge in [0, 0.05) is 0 Å². The van der Waals surface area contributed by atoms with Gasteiger partial charge >= 0.3 is 12.2 Å². The third-order valence-electron chi connectivity index (χ3n) is 2.46. The van der Waals surface area contributed by atoms with Gasteiger partial charge < -0.3 is 0 Å². The van der Waals surface area contributed by atoms with Gasteiger partial charge in [-0.2, -0.15) is 13.2 Å². The van der Waals surface area contributed by atoms with Crippen LogP contribution in [0.4, 0.5) is 23.7 Å². The summed E-state index contributed by atoms with van der Waals surface area (Å²) >= 11 is 0. The van der Waals surface area contributed by atoms with E-state index in [1.165, 1.54) is 0 Å². The first-order valence-electron chi connectivity index (χ1n) is 5.13. The maximum Gasteiger partial charge on any atom is 0.416 e. The topological polar surface area (TPSA) is 66.5 Å². The maximum absolute atomic E-state index is 12.4. The Kier molecular flexibility index (Phi) is 3.01. The molecule has 2 rings (SSSR count). The molecule has 0 unspecified atom stereocenters. The second-order valence-corrected chi connectivity index (χ2v) is 3.80. The number of hydrogen-bond donors (Lipinski definition) is 1. The molecule has 1 aromatic carbocycles. The molecule has 8 heteroatoms. The number of urea groups is 1. The smallest absolute Gasteiger partial charge is 0.277 e. The summed E-state index contributed by atoms with van der Waals surface area (Å²) in [7, 11) is 0. The fourth-order valence-electron chi connectivity index (χ4n) is 1.61. The van der Waals surface area contributed by atoms with Crippen LogP contribution in [0.5, 0.6) is 0 Å². The van der Waals surface area contributed by atoms with E-state index in [1.54, 1.807) is 0 Å². The van der Waals surface area contributed by atoms with Crippen molar-refractivity contribution in [1.82, 2.24) is 5.32 Å². The van der Waals surface area contributed by atoms with E-state index >= 15 is 0 Å². The molecular weight excluding hydrogens is 265 g/mol. The van der Waals surface area contributed by atoms with Crippen LogP contribution in [0.1, 0.15) is 12.0 Å². The molecule has 0 saturated carbocycles. The highest BCUT2D eigenvalue weighted by Crippen LogP contribution is 2.30. The molecule has 0 bridgehead atoms. The molecule has 1 aliphatic rings. The van der Waals surface area contributed by atoms with Crippen molar-refractivity contribution in [2.75, 3.05) is 4.90 Å². The molecule has 0 atom stereocenters. The minimum atomic E-state index is -4.50. The number of amides is 4. The standard InChI is InChI=1S/C11H7F3N2O3/c12-11(13,14)6-1-3-7(4-2-6)16-9(18)5-8(17)15-10(16)19/h1-4H,5H2,(H,15,17,19). The Morgan fingerprint density at radius 1 is 1.05 bits per heavy atom. The van der Waals surface area contributed by atoms with Crippen molar-refractivity contribution in [3.05, 3.63) is 29.8 Å². The number of rotatable bonds is 1. The van der Waals surface area contributed by atoms with Gasteiger partial charge in [-0.05, 0) is 24.3 Å². The molecule has 0 aromatic heterocycles. The van der Waals surface area contributed by atoms with Crippen molar-refractivity contribution in [3.8, 4) is 0 Å². The van der Waals surface area contributed by atoms with Gasteiger partial charge in [-0.1, -0.05) is 0 Å². The van der Waals surface area contributed by atoms with Gasteiger partial charge in [-0.3, -0.25) is 14.9 Å². The van der Waals surface area contributed by atoms with Gasteiger partial charge in [-0.15, -0.1) is 0 Å². The van der Waals surface area contributed by atoms with Crippen molar-refractivity contribution >= 4 is 23.5 Å². The third kappa shape index (κ3) is 2.56. The highest BCUT2D eigenvalue weighted by molar-refractivity contribution is 6.26. The van der Waals surface area contributed by atoms with Crippen LogP contribution < -0.4 is 10.2 Å². The fourth-order valence-corrected chi connectivity index (χ4v) is 1.61. The second-order valence-electron chi connectivity index (χ2n) is 3.80. The van der Waals surface area contributed by atoms with E-state index in [4.69, 9.17) is 0 Å². The molecule has 4 amide bonds. The minimum absolute atomic E-state index is 0.0250. The molecule has 1 saturated heterocycles. The molecule has 0 aliphatic carbocycles. The van der Waals surface area contributed by atoms with Gasteiger partial charge in [-0.25, -0.2) is 9.69 Å². The molecule has 100 valence electrons. The quantitative estimate of drug-likeness (QED) is 0.791. The van der Waals surface area contributed by atoms with Crippen LogP contribution in [0.15, 0.2) is 24.3 Å². The normalized spacial score (nSPS) is 16.6. The van der Waals surface area contributed by atoms with Crippen LogP contribution in [0.25, 0.3) is 0 Å². The molecule has 1 aliphatic heterocycles. The van der Waals surface area contributed by atoms with Crippen molar-refractivity contribution in [2.24, 2.45) is 0 Å². The van der Waals surface area contributed by atoms with Crippen LogP contribution in [0, 0.1) is 0 Å². The van der Waals surface area contributed by atoms with Crippen LogP contribution in [0.3, 0.4) is 0 Å². The highest BCUT2D eigenvalue weighted by Gasteiger charge is 2.34. The number of anilines is 1. The molecule has 1 heterocycles. The number of carbonyl (C=O) groups is 3. The second kappa shape index (κ2) is 4.38. The summed E-state index contributed by atoms with van der Waals surface area (Å²) in [5.41, 5.74) is -0.916. The number of alkyl halides is 3. The zero-order valence-corrected chi connectivity index (χ0v) is 9.32. The van der Waals surface area contributed by atoms with E-state index < -0.39 is 36.0 Å². The lowest BCUT2D eigenvalue weighted by molar-refractivity contribution is -0.137. The molecular formula is C11H7F3N2O3. The monoisotopic (exact) mass is 272 g/mol. The zero-order valence-electron chi connectivity index (χ0n) is 9.32.